The first-order valence-corrected chi connectivity index (χ1v) is 13.4. The molecule has 2 saturated heterocycles. The molecule has 1 aliphatic carbocycles. The predicted octanol–water partition coefficient (Wildman–Crippen LogP) is 2.57. The van der Waals surface area contributed by atoms with Gasteiger partial charge in [0.25, 0.3) is 5.91 Å². The summed E-state index contributed by atoms with van der Waals surface area (Å²) in [5.74, 6) is 0.752. The van der Waals surface area contributed by atoms with Crippen LogP contribution in [0.1, 0.15) is 74.3 Å². The molecule has 5 heterocycles. The molecule has 2 unspecified atom stereocenters. The van der Waals surface area contributed by atoms with E-state index in [2.05, 4.69) is 20.2 Å². The topological polar surface area (TPSA) is 108 Å². The van der Waals surface area contributed by atoms with Crippen LogP contribution in [0.5, 0.6) is 0 Å². The first kappa shape index (κ1) is 23.4. The second-order valence-electron chi connectivity index (χ2n) is 11.0. The Labute approximate surface area is 211 Å². The van der Waals surface area contributed by atoms with Crippen LogP contribution in [0.2, 0.25) is 0 Å². The normalized spacial score (nSPS) is 28.6. The highest BCUT2D eigenvalue weighted by Crippen LogP contribution is 2.35. The van der Waals surface area contributed by atoms with E-state index < -0.39 is 0 Å². The molecule has 192 valence electrons. The third-order valence-corrected chi connectivity index (χ3v) is 8.25. The van der Waals surface area contributed by atoms with Crippen LogP contribution in [0.25, 0.3) is 11.0 Å². The standard InChI is InChI=1S/C26H36N8O2/c1-32(2)25(36)21-11-16-13-28-26(31-24(16)34(21)19-5-3-4-6-19)30-22-10-9-20(14-27-22)33-15-18-8-7-17(29-18)12-23(33)35/h11,13-14,17-20,22,29H,3-10,12,15H2,1-2H3,(H,28,30,31)/t17-,18+,20?,22?/m1/s1. The van der Waals surface area contributed by atoms with E-state index in [9.17, 15) is 9.59 Å². The van der Waals surface area contributed by atoms with Crippen LogP contribution >= 0.6 is 0 Å². The molecule has 0 spiro atoms. The summed E-state index contributed by atoms with van der Waals surface area (Å²) in [7, 11) is 3.57. The molecule has 36 heavy (non-hydrogen) atoms. The Morgan fingerprint density at radius 2 is 1.92 bits per heavy atom. The van der Waals surface area contributed by atoms with Crippen molar-refractivity contribution in [3.63, 3.8) is 0 Å². The van der Waals surface area contributed by atoms with Crippen LogP contribution in [0.3, 0.4) is 0 Å². The molecule has 2 amide bonds. The van der Waals surface area contributed by atoms with Crippen molar-refractivity contribution in [2.24, 2.45) is 4.99 Å². The van der Waals surface area contributed by atoms with E-state index in [-0.39, 0.29) is 30.1 Å². The largest absolute Gasteiger partial charge is 0.343 e. The summed E-state index contributed by atoms with van der Waals surface area (Å²) in [6.45, 7) is 0.774. The summed E-state index contributed by atoms with van der Waals surface area (Å²) in [5.41, 5.74) is 1.48. The van der Waals surface area contributed by atoms with Crippen LogP contribution < -0.4 is 10.6 Å². The fraction of sp³-hybridized carbons (Fsp3) is 0.654. The smallest absolute Gasteiger partial charge is 0.270 e. The van der Waals surface area contributed by atoms with Crippen molar-refractivity contribution in [1.29, 1.82) is 0 Å². The number of carbonyl (C=O) groups is 2. The highest BCUT2D eigenvalue weighted by atomic mass is 16.2. The van der Waals surface area contributed by atoms with E-state index in [1.807, 2.05) is 17.2 Å². The lowest BCUT2D eigenvalue weighted by Gasteiger charge is -2.34. The molecule has 0 aromatic carbocycles. The van der Waals surface area contributed by atoms with Crippen molar-refractivity contribution in [1.82, 2.24) is 29.7 Å². The Bertz CT molecular complexity index is 1180. The summed E-state index contributed by atoms with van der Waals surface area (Å²) in [4.78, 5) is 43.5. The zero-order valence-corrected chi connectivity index (χ0v) is 21.2. The van der Waals surface area contributed by atoms with Gasteiger partial charge in [0.15, 0.2) is 0 Å². The van der Waals surface area contributed by atoms with Crippen LogP contribution in [0.4, 0.5) is 5.95 Å². The first-order valence-electron chi connectivity index (χ1n) is 13.4. The van der Waals surface area contributed by atoms with Gasteiger partial charge in [-0.2, -0.15) is 4.98 Å². The summed E-state index contributed by atoms with van der Waals surface area (Å²) in [6, 6.07) is 3.01. The minimum Gasteiger partial charge on any atom is -0.343 e. The van der Waals surface area contributed by atoms with Crippen molar-refractivity contribution in [3.05, 3.63) is 18.0 Å². The summed E-state index contributed by atoms with van der Waals surface area (Å²) in [5, 5.41) is 7.85. The number of rotatable bonds is 5. The molecular formula is C26H36N8O2. The van der Waals surface area contributed by atoms with Gasteiger partial charge in [0, 0.05) is 63.0 Å². The highest BCUT2D eigenvalue weighted by Gasteiger charge is 2.37. The van der Waals surface area contributed by atoms with Crippen molar-refractivity contribution in [2.75, 3.05) is 26.0 Å². The van der Waals surface area contributed by atoms with Gasteiger partial charge in [0.05, 0.1) is 6.04 Å². The summed E-state index contributed by atoms with van der Waals surface area (Å²) >= 11 is 0. The Hall–Kier alpha value is -3.01. The third kappa shape index (κ3) is 4.36. The molecule has 2 bridgehead atoms. The lowest BCUT2D eigenvalue weighted by molar-refractivity contribution is -0.132. The van der Waals surface area contributed by atoms with Crippen LogP contribution in [-0.4, -0.2) is 87.3 Å². The van der Waals surface area contributed by atoms with E-state index in [4.69, 9.17) is 9.98 Å². The van der Waals surface area contributed by atoms with Gasteiger partial charge in [-0.15, -0.1) is 0 Å². The molecule has 6 rings (SSSR count). The van der Waals surface area contributed by atoms with Gasteiger partial charge in [-0.1, -0.05) is 12.8 Å². The molecule has 2 aromatic rings. The lowest BCUT2D eigenvalue weighted by Crippen LogP contribution is -2.47. The fourth-order valence-electron chi connectivity index (χ4n) is 6.37. The molecule has 2 aromatic heterocycles. The van der Waals surface area contributed by atoms with E-state index >= 15 is 0 Å². The number of likely N-dealkylation sites (tertiary alicyclic amines) is 1. The zero-order chi connectivity index (χ0) is 24.8. The van der Waals surface area contributed by atoms with Crippen LogP contribution in [0, 0.1) is 0 Å². The average molecular weight is 493 g/mol. The van der Waals surface area contributed by atoms with Gasteiger partial charge in [-0.3, -0.25) is 14.6 Å². The quantitative estimate of drug-likeness (QED) is 0.664. The van der Waals surface area contributed by atoms with Crippen molar-refractivity contribution >= 4 is 35.0 Å². The van der Waals surface area contributed by atoms with Gasteiger partial charge in [-0.25, -0.2) is 4.98 Å². The number of carbonyl (C=O) groups excluding carboxylic acids is 2. The number of aromatic nitrogens is 3. The molecule has 2 N–H and O–H groups in total. The number of hydrogen-bond acceptors (Lipinski definition) is 7. The first-order chi connectivity index (χ1) is 17.5. The maximum atomic E-state index is 12.9. The highest BCUT2D eigenvalue weighted by molar-refractivity contribution is 5.97. The molecular weight excluding hydrogens is 456 g/mol. The molecule has 3 aliphatic heterocycles. The molecule has 3 fully saturated rings. The monoisotopic (exact) mass is 492 g/mol. The van der Waals surface area contributed by atoms with Crippen LogP contribution in [0.15, 0.2) is 17.3 Å². The van der Waals surface area contributed by atoms with E-state index in [0.717, 1.165) is 56.1 Å². The lowest BCUT2D eigenvalue weighted by atomic mass is 10.0. The minimum atomic E-state index is -0.131. The molecule has 4 atom stereocenters. The minimum absolute atomic E-state index is 0.0104. The van der Waals surface area contributed by atoms with Crippen molar-refractivity contribution < 1.29 is 9.59 Å². The second-order valence-corrected chi connectivity index (χ2v) is 11.0. The maximum Gasteiger partial charge on any atom is 0.270 e. The second kappa shape index (κ2) is 9.46. The zero-order valence-electron chi connectivity index (χ0n) is 21.2. The van der Waals surface area contributed by atoms with E-state index in [1.54, 1.807) is 25.2 Å². The number of aliphatic imine (C=N–C) groups is 1. The van der Waals surface area contributed by atoms with Gasteiger partial charge in [-0.05, 0) is 44.6 Å². The number of anilines is 1. The van der Waals surface area contributed by atoms with Gasteiger partial charge in [0.1, 0.15) is 17.5 Å². The summed E-state index contributed by atoms with van der Waals surface area (Å²) in [6.07, 6.45) is 12.6. The maximum absolute atomic E-state index is 12.9. The number of nitrogens with zero attached hydrogens (tertiary/aromatic N) is 6. The average Bonchev–Trinajstić information content (AvgIpc) is 3.59. The van der Waals surface area contributed by atoms with Gasteiger partial charge < -0.3 is 25.0 Å². The Kier molecular flexibility index (Phi) is 6.15. The fourth-order valence-corrected chi connectivity index (χ4v) is 6.37. The Balaban J connectivity index is 1.20. The van der Waals surface area contributed by atoms with E-state index in [1.165, 1.54) is 12.8 Å². The van der Waals surface area contributed by atoms with Gasteiger partial charge >= 0.3 is 0 Å². The third-order valence-electron chi connectivity index (χ3n) is 8.25. The molecule has 10 heteroatoms. The predicted molar refractivity (Wildman–Crippen MR) is 138 cm³/mol. The Morgan fingerprint density at radius 1 is 1.11 bits per heavy atom. The number of nitrogens with one attached hydrogen (secondary N) is 2. The van der Waals surface area contributed by atoms with Gasteiger partial charge in [0.2, 0.25) is 11.9 Å². The molecule has 10 nitrogen and oxygen atoms in total. The van der Waals surface area contributed by atoms with E-state index in [0.29, 0.717) is 30.1 Å². The molecule has 1 saturated carbocycles. The SMILES string of the molecule is CN(C)C(=O)c1cc2cnc(NC3CCC(N4C[C@@H]5CC[C@H](CC4=O)N5)C=N3)nc2n1C1CCCC1. The van der Waals surface area contributed by atoms with Crippen LogP contribution in [-0.2, 0) is 4.79 Å². The Morgan fingerprint density at radius 3 is 2.67 bits per heavy atom. The van der Waals surface area contributed by atoms with Crippen molar-refractivity contribution in [2.45, 2.75) is 88.1 Å². The summed E-state index contributed by atoms with van der Waals surface area (Å²) < 4.78 is 2.13. The molecule has 4 aliphatic rings. The number of hydrogen-bond donors (Lipinski definition) is 2. The van der Waals surface area contributed by atoms with Crippen molar-refractivity contribution in [3.8, 4) is 0 Å². The molecule has 0 radical (unpaired) electrons. The number of fused-ring (bicyclic) bond motifs is 3. The number of amides is 2.